The molecule has 0 aromatic heterocycles. The Kier molecular flexibility index (Phi) is 6.22. The van der Waals surface area contributed by atoms with Crippen LogP contribution in [-0.2, 0) is 11.2 Å². The first-order chi connectivity index (χ1) is 16.5. The molecule has 0 saturated carbocycles. The summed E-state index contributed by atoms with van der Waals surface area (Å²) in [6.45, 7) is 0. The number of carboxylic acid groups (broad SMARTS) is 1. The van der Waals surface area contributed by atoms with E-state index in [1.165, 1.54) is 31.2 Å². The highest BCUT2D eigenvalue weighted by atomic mass is 16.5. The number of piperidine rings is 1. The van der Waals surface area contributed by atoms with Crippen LogP contribution in [0, 0.1) is 0 Å². The van der Waals surface area contributed by atoms with Gasteiger partial charge in [0.25, 0.3) is 0 Å². The van der Waals surface area contributed by atoms with Crippen molar-refractivity contribution in [1.29, 1.82) is 0 Å². The number of carbonyl (C=O) groups is 1. The van der Waals surface area contributed by atoms with Crippen molar-refractivity contribution in [3.8, 4) is 22.6 Å². The fourth-order valence-corrected chi connectivity index (χ4v) is 6.17. The lowest BCUT2D eigenvalue weighted by atomic mass is 9.84. The Morgan fingerprint density at radius 3 is 2.21 bits per heavy atom. The first-order valence-corrected chi connectivity index (χ1v) is 12.2. The smallest absolute Gasteiger partial charge is 0.303 e. The maximum Gasteiger partial charge on any atom is 0.303 e. The first kappa shape index (κ1) is 22.7. The molecular formula is C29H33NO4. The summed E-state index contributed by atoms with van der Waals surface area (Å²) in [4.78, 5) is 13.7. The van der Waals surface area contributed by atoms with Crippen LogP contribution in [0.4, 0.5) is 0 Å². The van der Waals surface area contributed by atoms with Crippen LogP contribution in [0.25, 0.3) is 21.9 Å². The Balaban J connectivity index is 1.59. The van der Waals surface area contributed by atoms with Crippen LogP contribution in [-0.4, -0.2) is 49.3 Å². The molecule has 2 aliphatic rings. The minimum absolute atomic E-state index is 0.114. The molecule has 2 bridgehead atoms. The Morgan fingerprint density at radius 2 is 1.59 bits per heavy atom. The van der Waals surface area contributed by atoms with Crippen molar-refractivity contribution in [3.05, 3.63) is 59.7 Å². The Morgan fingerprint density at radius 1 is 0.971 bits per heavy atom. The minimum atomic E-state index is -0.783. The van der Waals surface area contributed by atoms with Gasteiger partial charge >= 0.3 is 5.97 Å². The zero-order valence-electron chi connectivity index (χ0n) is 20.2. The second kappa shape index (κ2) is 9.30. The monoisotopic (exact) mass is 459 g/mol. The lowest BCUT2D eigenvalue weighted by Gasteiger charge is -2.36. The number of hydrogen-bond acceptors (Lipinski definition) is 4. The third-order valence-corrected chi connectivity index (χ3v) is 7.99. The van der Waals surface area contributed by atoms with Gasteiger partial charge < -0.3 is 19.5 Å². The van der Waals surface area contributed by atoms with Gasteiger partial charge in [-0.2, -0.15) is 0 Å². The van der Waals surface area contributed by atoms with Gasteiger partial charge in [0, 0.05) is 18.5 Å². The molecule has 3 aromatic rings. The summed E-state index contributed by atoms with van der Waals surface area (Å²) in [7, 11) is 5.72. The number of fused-ring (bicyclic) bond motifs is 3. The number of rotatable bonds is 7. The van der Waals surface area contributed by atoms with E-state index < -0.39 is 5.97 Å². The Bertz CT molecular complexity index is 1180. The highest BCUT2D eigenvalue weighted by molar-refractivity contribution is 6.01. The fourth-order valence-electron chi connectivity index (χ4n) is 6.17. The quantitative estimate of drug-likeness (QED) is 0.478. The zero-order chi connectivity index (χ0) is 23.8. The summed E-state index contributed by atoms with van der Waals surface area (Å²) < 4.78 is 11.9. The van der Waals surface area contributed by atoms with Crippen molar-refractivity contribution in [2.75, 3.05) is 21.3 Å². The SMILES string of the molecule is COc1cc(C2CC3CCC(C2)N3C)cc(OC)c1-c1cccc2c(CCC(=O)O)cccc12. The highest BCUT2D eigenvalue weighted by Gasteiger charge is 2.39. The van der Waals surface area contributed by atoms with Gasteiger partial charge in [-0.15, -0.1) is 0 Å². The molecule has 2 unspecified atom stereocenters. The van der Waals surface area contributed by atoms with Gasteiger partial charge in [-0.25, -0.2) is 0 Å². The number of aliphatic carboxylic acids is 1. The summed E-state index contributed by atoms with van der Waals surface area (Å²) >= 11 is 0. The number of methoxy groups -OCH3 is 2. The molecule has 5 rings (SSSR count). The number of carboxylic acids is 1. The van der Waals surface area contributed by atoms with Crippen molar-refractivity contribution in [2.45, 2.75) is 56.5 Å². The molecule has 3 aromatic carbocycles. The number of ether oxygens (including phenoxy) is 2. The predicted octanol–water partition coefficient (Wildman–Crippen LogP) is 5.88. The molecule has 2 fully saturated rings. The van der Waals surface area contributed by atoms with Crippen molar-refractivity contribution in [2.24, 2.45) is 0 Å². The van der Waals surface area contributed by atoms with E-state index in [0.717, 1.165) is 39.0 Å². The summed E-state index contributed by atoms with van der Waals surface area (Å²) in [5.41, 5.74) is 4.33. The van der Waals surface area contributed by atoms with Crippen LogP contribution in [0.15, 0.2) is 48.5 Å². The molecule has 5 heteroatoms. The number of benzene rings is 3. The average Bonchev–Trinajstić information content (AvgIpc) is 3.05. The van der Waals surface area contributed by atoms with Crippen LogP contribution in [0.1, 0.15) is 49.1 Å². The zero-order valence-corrected chi connectivity index (χ0v) is 20.2. The molecule has 1 N–H and O–H groups in total. The lowest BCUT2D eigenvalue weighted by Crippen LogP contribution is -2.39. The summed E-state index contributed by atoms with van der Waals surface area (Å²) in [5.74, 6) is 1.38. The molecule has 2 heterocycles. The maximum absolute atomic E-state index is 11.2. The molecule has 34 heavy (non-hydrogen) atoms. The number of nitrogens with zero attached hydrogens (tertiary/aromatic N) is 1. The van der Waals surface area contributed by atoms with Gasteiger partial charge in [0.15, 0.2) is 0 Å². The van der Waals surface area contributed by atoms with Crippen molar-refractivity contribution in [3.63, 3.8) is 0 Å². The van der Waals surface area contributed by atoms with Gasteiger partial charge in [0.05, 0.1) is 19.8 Å². The van der Waals surface area contributed by atoms with E-state index >= 15 is 0 Å². The predicted molar refractivity (Wildman–Crippen MR) is 135 cm³/mol. The van der Waals surface area contributed by atoms with Gasteiger partial charge in [0.1, 0.15) is 11.5 Å². The second-order valence-electron chi connectivity index (χ2n) is 9.73. The maximum atomic E-state index is 11.2. The second-order valence-corrected chi connectivity index (χ2v) is 9.73. The molecule has 0 spiro atoms. The van der Waals surface area contributed by atoms with E-state index in [-0.39, 0.29) is 6.42 Å². The summed E-state index contributed by atoms with van der Waals surface area (Å²) in [6, 6.07) is 18.1. The number of aryl methyl sites for hydroxylation is 1. The average molecular weight is 460 g/mol. The van der Waals surface area contributed by atoms with Gasteiger partial charge in [-0.05, 0) is 84.7 Å². The molecule has 2 atom stereocenters. The van der Waals surface area contributed by atoms with Crippen LogP contribution in [0.2, 0.25) is 0 Å². The van der Waals surface area contributed by atoms with E-state index in [0.29, 0.717) is 24.4 Å². The standard InChI is InChI=1S/C29H33NO4/c1-30-21-11-12-22(30)15-19(14-21)20-16-26(33-2)29(27(17-20)34-3)25-9-5-7-23-18(10-13-28(31)32)6-4-8-24(23)25/h4-9,16-17,19,21-22H,10-15H2,1-3H3,(H,31,32). The molecule has 0 radical (unpaired) electrons. The van der Waals surface area contributed by atoms with E-state index in [2.05, 4.69) is 42.3 Å². The summed E-state index contributed by atoms with van der Waals surface area (Å²) in [5, 5.41) is 11.3. The highest BCUT2D eigenvalue weighted by Crippen LogP contribution is 2.48. The molecular weight excluding hydrogens is 426 g/mol. The Hall–Kier alpha value is -3.05. The molecule has 0 amide bonds. The molecule has 0 aliphatic carbocycles. The van der Waals surface area contributed by atoms with Crippen LogP contribution in [0.3, 0.4) is 0 Å². The number of hydrogen-bond donors (Lipinski definition) is 1. The van der Waals surface area contributed by atoms with Gasteiger partial charge in [0.2, 0.25) is 0 Å². The Labute approximate surface area is 201 Å². The van der Waals surface area contributed by atoms with Crippen LogP contribution < -0.4 is 9.47 Å². The lowest BCUT2D eigenvalue weighted by molar-refractivity contribution is -0.136. The third-order valence-electron chi connectivity index (χ3n) is 7.99. The largest absolute Gasteiger partial charge is 0.496 e. The van der Waals surface area contributed by atoms with E-state index in [4.69, 9.17) is 14.6 Å². The van der Waals surface area contributed by atoms with Crippen LogP contribution >= 0.6 is 0 Å². The van der Waals surface area contributed by atoms with Gasteiger partial charge in [-0.1, -0.05) is 36.4 Å². The van der Waals surface area contributed by atoms with E-state index in [1.54, 1.807) is 14.2 Å². The normalized spacial score (nSPS) is 22.1. The third kappa shape index (κ3) is 4.03. The molecule has 2 aliphatic heterocycles. The first-order valence-electron chi connectivity index (χ1n) is 12.2. The minimum Gasteiger partial charge on any atom is -0.496 e. The van der Waals surface area contributed by atoms with Gasteiger partial charge in [-0.3, -0.25) is 4.79 Å². The molecule has 2 saturated heterocycles. The molecule has 5 nitrogen and oxygen atoms in total. The fraction of sp³-hybridized carbons (Fsp3) is 0.414. The van der Waals surface area contributed by atoms with Crippen molar-refractivity contribution >= 4 is 16.7 Å². The van der Waals surface area contributed by atoms with E-state index in [9.17, 15) is 4.79 Å². The van der Waals surface area contributed by atoms with Crippen molar-refractivity contribution in [1.82, 2.24) is 4.90 Å². The summed E-state index contributed by atoms with van der Waals surface area (Å²) in [6.07, 6.45) is 5.57. The van der Waals surface area contributed by atoms with Crippen molar-refractivity contribution < 1.29 is 19.4 Å². The van der Waals surface area contributed by atoms with E-state index in [1.807, 2.05) is 18.2 Å². The molecule has 178 valence electrons. The topological polar surface area (TPSA) is 59.0 Å². The van der Waals surface area contributed by atoms with Crippen LogP contribution in [0.5, 0.6) is 11.5 Å².